The molecule has 0 aromatic carbocycles. The number of hydrogen-bond donors (Lipinski definition) is 0. The van der Waals surface area contributed by atoms with E-state index in [1.165, 1.54) is 16.9 Å². The molecule has 0 N–H and O–H groups in total. The van der Waals surface area contributed by atoms with Crippen molar-refractivity contribution >= 4 is 11.3 Å². The minimum Gasteiger partial charge on any atom is -0.267 e. The van der Waals surface area contributed by atoms with E-state index in [0.717, 1.165) is 33.6 Å². The van der Waals surface area contributed by atoms with Gasteiger partial charge in [-0.05, 0) is 69.9 Å². The number of rotatable bonds is 0. The number of fused-ring (bicyclic) bond motifs is 2. The molecule has 8 heteroatoms. The third-order valence-corrected chi connectivity index (χ3v) is 4.90. The van der Waals surface area contributed by atoms with Crippen molar-refractivity contribution in [3.8, 4) is 0 Å². The Morgan fingerprint density at radius 1 is 0.793 bits per heavy atom. The maximum absolute atomic E-state index is 11.6. The molecular formula is C21H26N6O2. The van der Waals surface area contributed by atoms with E-state index in [9.17, 15) is 9.59 Å². The van der Waals surface area contributed by atoms with Crippen molar-refractivity contribution in [1.29, 1.82) is 0 Å². The standard InChI is InChI=1S/2C10H11N3O.CH4/c1-6-4-7(2)13-9(8(6)3)11-5-12-10(13)14;1-6-4-7(2)10-12-11-5-9(14)13(10)8(6)3;/h2*4-5H,1-3H3;1H4. The number of pyridine rings is 2. The van der Waals surface area contributed by atoms with Gasteiger partial charge in [-0.1, -0.05) is 13.5 Å². The Kier molecular flexibility index (Phi) is 6.26. The lowest BCUT2D eigenvalue weighted by molar-refractivity contribution is 0.892. The summed E-state index contributed by atoms with van der Waals surface area (Å²) in [5.74, 6) is 0. The summed E-state index contributed by atoms with van der Waals surface area (Å²) >= 11 is 0. The summed E-state index contributed by atoms with van der Waals surface area (Å²) < 4.78 is 3.12. The van der Waals surface area contributed by atoms with Crippen molar-refractivity contribution in [2.45, 2.75) is 49.0 Å². The maximum atomic E-state index is 11.6. The second-order valence-corrected chi connectivity index (χ2v) is 6.85. The fourth-order valence-electron chi connectivity index (χ4n) is 3.17. The third kappa shape index (κ3) is 3.91. The lowest BCUT2D eigenvalue weighted by Gasteiger charge is -2.08. The van der Waals surface area contributed by atoms with Crippen molar-refractivity contribution in [1.82, 2.24) is 29.0 Å². The molecule has 0 atom stereocenters. The molecule has 4 rings (SSSR count). The van der Waals surface area contributed by atoms with Crippen LogP contribution in [0.5, 0.6) is 0 Å². The molecule has 8 nitrogen and oxygen atoms in total. The zero-order valence-electron chi connectivity index (χ0n) is 16.8. The highest BCUT2D eigenvalue weighted by Crippen LogP contribution is 2.13. The van der Waals surface area contributed by atoms with Gasteiger partial charge in [0, 0.05) is 11.4 Å². The Labute approximate surface area is 168 Å². The zero-order valence-corrected chi connectivity index (χ0v) is 16.8. The summed E-state index contributed by atoms with van der Waals surface area (Å²) in [6.45, 7) is 11.7. The van der Waals surface area contributed by atoms with Gasteiger partial charge >= 0.3 is 5.69 Å². The molecule has 0 aliphatic heterocycles. The van der Waals surface area contributed by atoms with Gasteiger partial charge in [0.1, 0.15) is 18.2 Å². The van der Waals surface area contributed by atoms with Gasteiger partial charge in [-0.2, -0.15) is 10.1 Å². The van der Waals surface area contributed by atoms with Crippen LogP contribution in [0.1, 0.15) is 41.1 Å². The smallest absolute Gasteiger partial charge is 0.267 e. The summed E-state index contributed by atoms with van der Waals surface area (Å²) in [6, 6.07) is 3.98. The molecular weight excluding hydrogens is 368 g/mol. The summed E-state index contributed by atoms with van der Waals surface area (Å²) in [5.41, 5.74) is 6.95. The average Bonchev–Trinajstić information content (AvgIpc) is 2.64. The number of hydrogen-bond acceptors (Lipinski definition) is 6. The molecule has 0 spiro atoms. The van der Waals surface area contributed by atoms with Crippen LogP contribution in [0.25, 0.3) is 11.3 Å². The van der Waals surface area contributed by atoms with E-state index in [2.05, 4.69) is 20.2 Å². The fraction of sp³-hybridized carbons (Fsp3) is 0.333. The van der Waals surface area contributed by atoms with Crippen molar-refractivity contribution in [2.75, 3.05) is 0 Å². The van der Waals surface area contributed by atoms with Gasteiger partial charge in [0.25, 0.3) is 5.56 Å². The molecule has 4 aromatic heterocycles. The lowest BCUT2D eigenvalue weighted by atomic mass is 10.1. The Balaban J connectivity index is 0.000000200. The van der Waals surface area contributed by atoms with Gasteiger partial charge in [-0.3, -0.25) is 9.20 Å². The Morgan fingerprint density at radius 3 is 2.17 bits per heavy atom. The van der Waals surface area contributed by atoms with Crippen LogP contribution < -0.4 is 11.2 Å². The van der Waals surface area contributed by atoms with Gasteiger partial charge in [0.2, 0.25) is 0 Å². The summed E-state index contributed by atoms with van der Waals surface area (Å²) in [6.07, 6.45) is 2.54. The van der Waals surface area contributed by atoms with E-state index >= 15 is 0 Å². The van der Waals surface area contributed by atoms with Crippen LogP contribution in [0.3, 0.4) is 0 Å². The summed E-state index contributed by atoms with van der Waals surface area (Å²) in [4.78, 5) is 30.8. The minimum absolute atomic E-state index is 0. The van der Waals surface area contributed by atoms with Gasteiger partial charge in [-0.25, -0.2) is 14.2 Å². The largest absolute Gasteiger partial charge is 0.355 e. The van der Waals surface area contributed by atoms with Crippen LogP contribution in [-0.2, 0) is 0 Å². The molecule has 152 valence electrons. The monoisotopic (exact) mass is 394 g/mol. The summed E-state index contributed by atoms with van der Waals surface area (Å²) in [7, 11) is 0. The number of nitrogens with zero attached hydrogens (tertiary/aromatic N) is 6. The molecule has 29 heavy (non-hydrogen) atoms. The first-order valence-electron chi connectivity index (χ1n) is 8.84. The SMILES string of the molecule is C.Cc1cc(C)c2nncc(=O)n2c1C.Cc1cc(C)n2c(=O)ncnc2c1C. The second-order valence-electron chi connectivity index (χ2n) is 6.85. The van der Waals surface area contributed by atoms with E-state index in [-0.39, 0.29) is 18.7 Å². The normalized spacial score (nSPS) is 10.4. The Hall–Kier alpha value is -3.42. The van der Waals surface area contributed by atoms with E-state index in [1.807, 2.05) is 53.7 Å². The topological polar surface area (TPSA) is 94.5 Å². The van der Waals surface area contributed by atoms with Crippen LogP contribution >= 0.6 is 0 Å². The zero-order chi connectivity index (χ0) is 20.6. The molecule has 0 amide bonds. The van der Waals surface area contributed by atoms with Crippen LogP contribution in [0, 0.1) is 41.5 Å². The van der Waals surface area contributed by atoms with Gasteiger partial charge < -0.3 is 0 Å². The molecule has 0 radical (unpaired) electrons. The molecule has 4 heterocycles. The molecule has 0 fully saturated rings. The fourth-order valence-corrected chi connectivity index (χ4v) is 3.17. The third-order valence-electron chi connectivity index (χ3n) is 4.90. The van der Waals surface area contributed by atoms with Crippen LogP contribution in [0.4, 0.5) is 0 Å². The highest BCUT2D eigenvalue weighted by molar-refractivity contribution is 5.51. The van der Waals surface area contributed by atoms with E-state index in [1.54, 1.807) is 4.40 Å². The Morgan fingerprint density at radius 2 is 1.48 bits per heavy atom. The van der Waals surface area contributed by atoms with E-state index in [0.29, 0.717) is 11.3 Å². The van der Waals surface area contributed by atoms with Gasteiger partial charge in [-0.15, -0.1) is 5.10 Å². The minimum atomic E-state index is -0.268. The van der Waals surface area contributed by atoms with E-state index in [4.69, 9.17) is 0 Å². The highest BCUT2D eigenvalue weighted by atomic mass is 16.1. The van der Waals surface area contributed by atoms with Crippen molar-refractivity contribution in [2.24, 2.45) is 0 Å². The average molecular weight is 394 g/mol. The predicted octanol–water partition coefficient (Wildman–Crippen LogP) is 2.67. The molecule has 0 unspecified atom stereocenters. The first-order valence-corrected chi connectivity index (χ1v) is 8.84. The quantitative estimate of drug-likeness (QED) is 0.455. The molecule has 0 saturated heterocycles. The highest BCUT2D eigenvalue weighted by Gasteiger charge is 2.07. The van der Waals surface area contributed by atoms with Crippen LogP contribution in [-0.4, -0.2) is 29.0 Å². The van der Waals surface area contributed by atoms with Crippen molar-refractivity contribution < 1.29 is 0 Å². The predicted molar refractivity (Wildman–Crippen MR) is 114 cm³/mol. The van der Waals surface area contributed by atoms with Crippen LogP contribution in [0.15, 0.2) is 34.2 Å². The van der Waals surface area contributed by atoms with Crippen molar-refractivity contribution in [3.63, 3.8) is 0 Å². The van der Waals surface area contributed by atoms with Gasteiger partial charge in [0.05, 0.1) is 0 Å². The number of aromatic nitrogens is 6. The first kappa shape index (κ1) is 21.9. The molecule has 0 aliphatic carbocycles. The second kappa shape index (κ2) is 8.30. The number of aryl methyl sites for hydroxylation is 6. The molecule has 0 bridgehead atoms. The van der Waals surface area contributed by atoms with Crippen LogP contribution in [0.2, 0.25) is 0 Å². The first-order chi connectivity index (χ1) is 13.2. The van der Waals surface area contributed by atoms with Crippen molar-refractivity contribution in [3.05, 3.63) is 79.1 Å². The molecule has 0 aliphatic rings. The van der Waals surface area contributed by atoms with Gasteiger partial charge in [0.15, 0.2) is 5.65 Å². The lowest BCUT2D eigenvalue weighted by Crippen LogP contribution is -2.20. The van der Waals surface area contributed by atoms with E-state index < -0.39 is 0 Å². The summed E-state index contributed by atoms with van der Waals surface area (Å²) in [5, 5.41) is 7.62. The maximum Gasteiger partial charge on any atom is 0.355 e. The molecule has 0 saturated carbocycles. The Bertz CT molecular complexity index is 1320. The molecule has 4 aromatic rings.